The topological polar surface area (TPSA) is 40.2 Å². The van der Waals surface area contributed by atoms with Crippen LogP contribution in [0, 0.1) is 0 Å². The standard InChI is InChI=1S/C17H28N4/c1-3-10-18-16-8-5-9-17(20-16)19-13-11-14-6-4-7-15(12-13)21(14)2/h5,8-9,13-15H,3-4,6-7,10-12H2,1-2H3,(H2,18,19,20). The van der Waals surface area contributed by atoms with Crippen molar-refractivity contribution in [2.75, 3.05) is 24.2 Å². The molecular formula is C17H28N4. The number of piperidine rings is 2. The van der Waals surface area contributed by atoms with E-state index in [1.807, 2.05) is 6.07 Å². The second-order valence-electron chi connectivity index (χ2n) is 6.55. The Morgan fingerprint density at radius 3 is 2.62 bits per heavy atom. The number of fused-ring (bicyclic) bond motifs is 2. The number of hydrogen-bond acceptors (Lipinski definition) is 4. The van der Waals surface area contributed by atoms with E-state index in [0.717, 1.165) is 36.7 Å². The van der Waals surface area contributed by atoms with Gasteiger partial charge in [-0.05, 0) is 51.3 Å². The largest absolute Gasteiger partial charge is 0.370 e. The lowest BCUT2D eigenvalue weighted by Gasteiger charge is -2.47. The van der Waals surface area contributed by atoms with Crippen molar-refractivity contribution >= 4 is 11.6 Å². The summed E-state index contributed by atoms with van der Waals surface area (Å²) in [5.74, 6) is 2.00. The van der Waals surface area contributed by atoms with Gasteiger partial charge in [0.15, 0.2) is 0 Å². The SMILES string of the molecule is CCCNc1cccc(NC2CC3CCCC(C2)N3C)n1. The van der Waals surface area contributed by atoms with Crippen LogP contribution < -0.4 is 10.6 Å². The van der Waals surface area contributed by atoms with E-state index < -0.39 is 0 Å². The van der Waals surface area contributed by atoms with Crippen LogP contribution in [0.15, 0.2) is 18.2 Å². The van der Waals surface area contributed by atoms with Gasteiger partial charge in [0, 0.05) is 24.7 Å². The van der Waals surface area contributed by atoms with Crippen LogP contribution >= 0.6 is 0 Å². The molecule has 0 spiro atoms. The molecule has 116 valence electrons. The lowest BCUT2D eigenvalue weighted by atomic mass is 9.82. The zero-order valence-corrected chi connectivity index (χ0v) is 13.3. The van der Waals surface area contributed by atoms with E-state index in [4.69, 9.17) is 0 Å². The molecule has 2 atom stereocenters. The van der Waals surface area contributed by atoms with Crippen LogP contribution in [0.5, 0.6) is 0 Å². The Morgan fingerprint density at radius 2 is 1.90 bits per heavy atom. The fourth-order valence-corrected chi connectivity index (χ4v) is 3.81. The molecule has 21 heavy (non-hydrogen) atoms. The molecule has 2 N–H and O–H groups in total. The van der Waals surface area contributed by atoms with Gasteiger partial charge in [0.05, 0.1) is 0 Å². The first-order chi connectivity index (χ1) is 10.3. The second kappa shape index (κ2) is 6.65. The Morgan fingerprint density at radius 1 is 1.19 bits per heavy atom. The van der Waals surface area contributed by atoms with Crippen molar-refractivity contribution < 1.29 is 0 Å². The van der Waals surface area contributed by atoms with Gasteiger partial charge in [-0.25, -0.2) is 4.98 Å². The number of rotatable bonds is 5. The zero-order chi connectivity index (χ0) is 14.7. The van der Waals surface area contributed by atoms with Crippen molar-refractivity contribution in [1.82, 2.24) is 9.88 Å². The average Bonchev–Trinajstić information content (AvgIpc) is 2.47. The lowest BCUT2D eigenvalue weighted by Crippen LogP contribution is -2.52. The van der Waals surface area contributed by atoms with E-state index in [0.29, 0.717) is 6.04 Å². The Hall–Kier alpha value is -1.29. The van der Waals surface area contributed by atoms with Gasteiger partial charge in [0.1, 0.15) is 11.6 Å². The van der Waals surface area contributed by atoms with Crippen molar-refractivity contribution in [3.05, 3.63) is 18.2 Å². The molecule has 4 heteroatoms. The molecule has 2 aliphatic heterocycles. The van der Waals surface area contributed by atoms with E-state index in [9.17, 15) is 0 Å². The Bertz CT molecular complexity index is 448. The van der Waals surface area contributed by atoms with Gasteiger partial charge in [-0.1, -0.05) is 19.4 Å². The summed E-state index contributed by atoms with van der Waals surface area (Å²) in [6, 6.07) is 8.32. The van der Waals surface area contributed by atoms with E-state index >= 15 is 0 Å². The van der Waals surface area contributed by atoms with Gasteiger partial charge in [0.2, 0.25) is 0 Å². The van der Waals surface area contributed by atoms with Crippen LogP contribution in [0.1, 0.15) is 45.4 Å². The molecule has 2 fully saturated rings. The third kappa shape index (κ3) is 3.49. The summed E-state index contributed by atoms with van der Waals surface area (Å²) >= 11 is 0. The minimum absolute atomic E-state index is 0.574. The maximum Gasteiger partial charge on any atom is 0.128 e. The number of nitrogens with one attached hydrogen (secondary N) is 2. The van der Waals surface area contributed by atoms with Crippen molar-refractivity contribution in [3.63, 3.8) is 0 Å². The molecule has 0 aromatic carbocycles. The van der Waals surface area contributed by atoms with Crippen LogP contribution in [0.2, 0.25) is 0 Å². The highest BCUT2D eigenvalue weighted by molar-refractivity contribution is 5.45. The van der Waals surface area contributed by atoms with E-state index in [-0.39, 0.29) is 0 Å². The first-order valence-corrected chi connectivity index (χ1v) is 8.45. The van der Waals surface area contributed by atoms with Gasteiger partial charge in [-0.2, -0.15) is 0 Å². The number of hydrogen-bond donors (Lipinski definition) is 2. The molecule has 2 unspecified atom stereocenters. The van der Waals surface area contributed by atoms with Crippen LogP contribution in [0.25, 0.3) is 0 Å². The molecule has 2 bridgehead atoms. The van der Waals surface area contributed by atoms with Gasteiger partial charge in [-0.15, -0.1) is 0 Å². The normalized spacial score (nSPS) is 29.1. The quantitative estimate of drug-likeness (QED) is 0.872. The molecule has 1 aromatic rings. The highest BCUT2D eigenvalue weighted by Crippen LogP contribution is 2.33. The van der Waals surface area contributed by atoms with Crippen molar-refractivity contribution in [2.45, 2.75) is 63.6 Å². The predicted octanol–water partition coefficient (Wildman–Crippen LogP) is 3.33. The van der Waals surface area contributed by atoms with Gasteiger partial charge < -0.3 is 15.5 Å². The molecule has 3 rings (SSSR count). The smallest absolute Gasteiger partial charge is 0.128 e. The summed E-state index contributed by atoms with van der Waals surface area (Å²) in [7, 11) is 2.30. The minimum Gasteiger partial charge on any atom is -0.370 e. The van der Waals surface area contributed by atoms with Gasteiger partial charge in [-0.3, -0.25) is 0 Å². The summed E-state index contributed by atoms with van der Waals surface area (Å²) in [5.41, 5.74) is 0. The van der Waals surface area contributed by atoms with Gasteiger partial charge in [0.25, 0.3) is 0 Å². The maximum atomic E-state index is 4.68. The molecule has 0 amide bonds. The molecule has 2 saturated heterocycles. The molecule has 2 aliphatic rings. The van der Waals surface area contributed by atoms with E-state index in [2.05, 4.69) is 46.6 Å². The fraction of sp³-hybridized carbons (Fsp3) is 0.706. The summed E-state index contributed by atoms with van der Waals surface area (Å²) in [6.45, 7) is 3.15. The summed E-state index contributed by atoms with van der Waals surface area (Å²) < 4.78 is 0. The highest BCUT2D eigenvalue weighted by Gasteiger charge is 2.35. The maximum absolute atomic E-state index is 4.68. The molecule has 0 aliphatic carbocycles. The minimum atomic E-state index is 0.574. The molecule has 0 radical (unpaired) electrons. The van der Waals surface area contributed by atoms with Crippen LogP contribution in [0.3, 0.4) is 0 Å². The highest BCUT2D eigenvalue weighted by atomic mass is 15.2. The summed E-state index contributed by atoms with van der Waals surface area (Å²) in [6.07, 6.45) is 7.74. The summed E-state index contributed by atoms with van der Waals surface area (Å²) in [5, 5.41) is 7.03. The first-order valence-electron chi connectivity index (χ1n) is 8.45. The molecule has 3 heterocycles. The first kappa shape index (κ1) is 14.6. The number of aromatic nitrogens is 1. The van der Waals surface area contributed by atoms with Crippen LogP contribution in [-0.2, 0) is 0 Å². The number of anilines is 2. The second-order valence-corrected chi connectivity index (χ2v) is 6.55. The van der Waals surface area contributed by atoms with Crippen LogP contribution in [0.4, 0.5) is 11.6 Å². The predicted molar refractivity (Wildman–Crippen MR) is 88.9 cm³/mol. The Labute approximate surface area is 128 Å². The number of nitrogens with zero attached hydrogens (tertiary/aromatic N) is 2. The Kier molecular flexibility index (Phi) is 4.63. The molecular weight excluding hydrogens is 260 g/mol. The van der Waals surface area contributed by atoms with E-state index in [1.54, 1.807) is 0 Å². The van der Waals surface area contributed by atoms with E-state index in [1.165, 1.54) is 32.1 Å². The zero-order valence-electron chi connectivity index (χ0n) is 13.3. The fourth-order valence-electron chi connectivity index (χ4n) is 3.81. The average molecular weight is 288 g/mol. The third-order valence-electron chi connectivity index (χ3n) is 5.00. The van der Waals surface area contributed by atoms with Gasteiger partial charge >= 0.3 is 0 Å². The molecule has 4 nitrogen and oxygen atoms in total. The molecule has 1 aromatic heterocycles. The monoisotopic (exact) mass is 288 g/mol. The third-order valence-corrected chi connectivity index (χ3v) is 5.00. The van der Waals surface area contributed by atoms with Crippen molar-refractivity contribution in [1.29, 1.82) is 0 Å². The summed E-state index contributed by atoms with van der Waals surface area (Å²) in [4.78, 5) is 7.29. The van der Waals surface area contributed by atoms with Crippen LogP contribution in [-0.4, -0.2) is 41.6 Å². The number of pyridine rings is 1. The lowest BCUT2D eigenvalue weighted by molar-refractivity contribution is 0.0608. The van der Waals surface area contributed by atoms with Crippen molar-refractivity contribution in [3.8, 4) is 0 Å². The van der Waals surface area contributed by atoms with Crippen molar-refractivity contribution in [2.24, 2.45) is 0 Å². The molecule has 0 saturated carbocycles. The Balaban J connectivity index is 1.61.